The molecular weight excluding hydrogens is 344 g/mol. The lowest BCUT2D eigenvalue weighted by Crippen LogP contribution is -2.33. The Kier molecular flexibility index (Phi) is 3.93. The third-order valence-corrected chi connectivity index (χ3v) is 5.18. The van der Waals surface area contributed by atoms with E-state index in [-0.39, 0.29) is 0 Å². The van der Waals surface area contributed by atoms with Gasteiger partial charge in [0.2, 0.25) is 0 Å². The number of aromatic nitrogens is 7. The van der Waals surface area contributed by atoms with Crippen LogP contribution in [0.3, 0.4) is 0 Å². The van der Waals surface area contributed by atoms with Crippen molar-refractivity contribution in [3.63, 3.8) is 0 Å². The molecule has 0 radical (unpaired) electrons. The van der Waals surface area contributed by atoms with Crippen molar-refractivity contribution in [2.75, 3.05) is 13.1 Å². The molecule has 0 aromatic carbocycles. The van der Waals surface area contributed by atoms with E-state index >= 15 is 0 Å². The minimum Gasteiger partial charge on any atom is -0.448 e. The maximum Gasteiger partial charge on any atom is 0.181 e. The summed E-state index contributed by atoms with van der Waals surface area (Å²) in [6.07, 6.45) is 7.17. The molecule has 138 valence electrons. The Hall–Kier alpha value is -3.07. The molecule has 4 aromatic rings. The van der Waals surface area contributed by atoms with Gasteiger partial charge in [-0.2, -0.15) is 9.61 Å². The first-order valence-electron chi connectivity index (χ1n) is 9.11. The molecule has 0 saturated carbocycles. The number of fused-ring (bicyclic) bond motifs is 1. The number of oxazole rings is 1. The maximum absolute atomic E-state index is 5.30. The van der Waals surface area contributed by atoms with E-state index in [0.29, 0.717) is 5.92 Å². The van der Waals surface area contributed by atoms with Gasteiger partial charge in [0.1, 0.15) is 5.76 Å². The molecule has 0 atom stereocenters. The van der Waals surface area contributed by atoms with Crippen molar-refractivity contribution >= 4 is 5.65 Å². The van der Waals surface area contributed by atoms with Crippen LogP contribution in [0.2, 0.25) is 0 Å². The molecule has 4 aromatic heterocycles. The summed E-state index contributed by atoms with van der Waals surface area (Å²) in [5, 5.41) is 17.7. The number of aryl methyl sites for hydroxylation is 1. The average Bonchev–Trinajstić information content (AvgIpc) is 3.44. The Morgan fingerprint density at radius 3 is 2.81 bits per heavy atom. The quantitative estimate of drug-likeness (QED) is 0.547. The van der Waals surface area contributed by atoms with Crippen molar-refractivity contribution < 1.29 is 4.42 Å². The van der Waals surface area contributed by atoms with Crippen molar-refractivity contribution in [1.82, 2.24) is 39.5 Å². The minimum atomic E-state index is 0.343. The molecule has 0 N–H and O–H groups in total. The molecule has 9 nitrogen and oxygen atoms in total. The number of nitrogens with zero attached hydrogens (tertiary/aromatic N) is 8. The van der Waals surface area contributed by atoms with Gasteiger partial charge in [0, 0.05) is 24.9 Å². The van der Waals surface area contributed by atoms with Crippen LogP contribution in [0.25, 0.3) is 11.5 Å². The van der Waals surface area contributed by atoms with Crippen LogP contribution in [0.15, 0.2) is 41.4 Å². The van der Waals surface area contributed by atoms with Crippen LogP contribution < -0.4 is 0 Å². The van der Waals surface area contributed by atoms with Crippen LogP contribution in [0.1, 0.15) is 36.0 Å². The zero-order valence-corrected chi connectivity index (χ0v) is 15.1. The van der Waals surface area contributed by atoms with E-state index in [4.69, 9.17) is 9.52 Å². The second-order valence-corrected chi connectivity index (χ2v) is 6.88. The maximum atomic E-state index is 5.30. The molecule has 27 heavy (non-hydrogen) atoms. The van der Waals surface area contributed by atoms with Crippen molar-refractivity contribution in [2.24, 2.45) is 0 Å². The van der Waals surface area contributed by atoms with Crippen LogP contribution in [-0.2, 0) is 6.54 Å². The minimum absolute atomic E-state index is 0.343. The van der Waals surface area contributed by atoms with Gasteiger partial charge >= 0.3 is 0 Å². The first kappa shape index (κ1) is 16.1. The summed E-state index contributed by atoms with van der Waals surface area (Å²) < 4.78 is 8.90. The summed E-state index contributed by atoms with van der Waals surface area (Å²) in [7, 11) is 0. The molecule has 9 heteroatoms. The highest BCUT2D eigenvalue weighted by molar-refractivity contribution is 5.39. The summed E-state index contributed by atoms with van der Waals surface area (Å²) in [5.74, 6) is 2.93. The van der Waals surface area contributed by atoms with Crippen LogP contribution in [0.5, 0.6) is 0 Å². The Morgan fingerprint density at radius 2 is 2.07 bits per heavy atom. The normalized spacial score (nSPS) is 16.3. The molecule has 0 aliphatic carbocycles. The lowest BCUT2D eigenvalue weighted by molar-refractivity contribution is 0.198. The Morgan fingerprint density at radius 1 is 1.19 bits per heavy atom. The highest BCUT2D eigenvalue weighted by Gasteiger charge is 2.26. The molecule has 5 rings (SSSR count). The SMILES string of the molecule is Cc1ocnc1CN1CCC(c2nnc3ccc(-n4cccn4)nn23)CC1. The van der Waals surface area contributed by atoms with Crippen LogP contribution >= 0.6 is 0 Å². The zero-order valence-electron chi connectivity index (χ0n) is 15.1. The highest BCUT2D eigenvalue weighted by Crippen LogP contribution is 2.27. The molecule has 1 saturated heterocycles. The summed E-state index contributed by atoms with van der Waals surface area (Å²) in [6, 6.07) is 5.72. The molecule has 0 bridgehead atoms. The highest BCUT2D eigenvalue weighted by atomic mass is 16.3. The van der Waals surface area contributed by atoms with Crippen molar-refractivity contribution in [2.45, 2.75) is 32.2 Å². The zero-order chi connectivity index (χ0) is 18.2. The van der Waals surface area contributed by atoms with Crippen LogP contribution in [0, 0.1) is 6.92 Å². The van der Waals surface area contributed by atoms with Gasteiger partial charge in [-0.3, -0.25) is 4.90 Å². The first-order valence-corrected chi connectivity index (χ1v) is 9.11. The van der Waals surface area contributed by atoms with Crippen LogP contribution in [0.4, 0.5) is 0 Å². The number of hydrogen-bond acceptors (Lipinski definition) is 7. The monoisotopic (exact) mass is 364 g/mol. The fraction of sp³-hybridized carbons (Fsp3) is 0.389. The molecule has 1 aliphatic rings. The average molecular weight is 364 g/mol. The predicted molar refractivity (Wildman–Crippen MR) is 96.4 cm³/mol. The second kappa shape index (κ2) is 6.58. The van der Waals surface area contributed by atoms with Gasteiger partial charge in [0.25, 0.3) is 0 Å². The molecular formula is C18H20N8O. The fourth-order valence-electron chi connectivity index (χ4n) is 3.62. The van der Waals surface area contributed by atoms with Crippen molar-refractivity contribution in [3.05, 3.63) is 54.3 Å². The number of hydrogen-bond donors (Lipinski definition) is 0. The first-order chi connectivity index (χ1) is 13.3. The van der Waals surface area contributed by atoms with Gasteiger partial charge in [0.15, 0.2) is 23.7 Å². The fourth-order valence-corrected chi connectivity index (χ4v) is 3.62. The third-order valence-electron chi connectivity index (χ3n) is 5.18. The standard InChI is InChI=1S/C18H20N8O/c1-13-15(19-12-27-13)11-24-9-5-14(6-10-24)18-22-21-16-3-4-17(23-26(16)18)25-8-2-7-20-25/h2-4,7-8,12,14H,5-6,9-11H2,1H3. The molecule has 1 aliphatic heterocycles. The predicted octanol–water partition coefficient (Wildman–Crippen LogP) is 1.99. The summed E-state index contributed by atoms with van der Waals surface area (Å²) >= 11 is 0. The van der Waals surface area contributed by atoms with E-state index in [1.807, 2.05) is 35.8 Å². The Bertz CT molecular complexity index is 1040. The van der Waals surface area contributed by atoms with Gasteiger partial charge in [-0.1, -0.05) is 0 Å². The molecule has 0 amide bonds. The van der Waals surface area contributed by atoms with E-state index in [0.717, 1.165) is 61.2 Å². The largest absolute Gasteiger partial charge is 0.448 e. The van der Waals surface area contributed by atoms with Gasteiger partial charge < -0.3 is 4.42 Å². The van der Waals surface area contributed by atoms with Gasteiger partial charge in [-0.05, 0) is 51.1 Å². The lowest BCUT2D eigenvalue weighted by atomic mass is 9.96. The van der Waals surface area contributed by atoms with E-state index in [1.165, 1.54) is 6.39 Å². The van der Waals surface area contributed by atoms with E-state index in [1.54, 1.807) is 10.9 Å². The Balaban J connectivity index is 1.34. The molecule has 5 heterocycles. The van der Waals surface area contributed by atoms with E-state index < -0.39 is 0 Å². The molecule has 0 spiro atoms. The number of piperidine rings is 1. The molecule has 0 unspecified atom stereocenters. The Labute approximate surface area is 155 Å². The second-order valence-electron chi connectivity index (χ2n) is 6.88. The lowest BCUT2D eigenvalue weighted by Gasteiger charge is -2.30. The summed E-state index contributed by atoms with van der Waals surface area (Å²) in [5.41, 5.74) is 1.79. The van der Waals surface area contributed by atoms with Crippen molar-refractivity contribution in [1.29, 1.82) is 0 Å². The third kappa shape index (κ3) is 2.99. The molecule has 1 fully saturated rings. The van der Waals surface area contributed by atoms with Gasteiger partial charge in [-0.15, -0.1) is 15.3 Å². The van der Waals surface area contributed by atoms with Gasteiger partial charge in [-0.25, -0.2) is 9.67 Å². The van der Waals surface area contributed by atoms with Gasteiger partial charge in [0.05, 0.1) is 5.69 Å². The summed E-state index contributed by atoms with van der Waals surface area (Å²) in [6.45, 7) is 4.77. The number of rotatable bonds is 4. The van der Waals surface area contributed by atoms with Crippen molar-refractivity contribution in [3.8, 4) is 5.82 Å². The number of likely N-dealkylation sites (tertiary alicyclic amines) is 1. The smallest absolute Gasteiger partial charge is 0.181 e. The van der Waals surface area contributed by atoms with E-state index in [2.05, 4.69) is 25.2 Å². The van der Waals surface area contributed by atoms with E-state index in [9.17, 15) is 0 Å². The van der Waals surface area contributed by atoms with Crippen LogP contribution in [-0.4, -0.2) is 52.6 Å². The topological polar surface area (TPSA) is 90.2 Å². The summed E-state index contributed by atoms with van der Waals surface area (Å²) in [4.78, 5) is 6.71.